The lowest BCUT2D eigenvalue weighted by atomic mass is 10.1. The van der Waals surface area contributed by atoms with Crippen LogP contribution in [0.3, 0.4) is 0 Å². The van der Waals surface area contributed by atoms with Gasteiger partial charge in [0, 0.05) is 24.3 Å². The molecule has 0 bridgehead atoms. The fourth-order valence-electron chi connectivity index (χ4n) is 2.66. The highest BCUT2D eigenvalue weighted by atomic mass is 32.1. The molecule has 98 valence electrons. The van der Waals surface area contributed by atoms with Gasteiger partial charge in [-0.1, -0.05) is 6.07 Å². The van der Waals surface area contributed by atoms with Crippen LogP contribution in [0, 0.1) is 6.92 Å². The summed E-state index contributed by atoms with van der Waals surface area (Å²) in [5.41, 5.74) is 3.06. The quantitative estimate of drug-likeness (QED) is 0.839. The Bertz CT molecular complexity index is 579. The van der Waals surface area contributed by atoms with E-state index in [-0.39, 0.29) is 11.9 Å². The van der Waals surface area contributed by atoms with E-state index < -0.39 is 0 Å². The number of amides is 1. The van der Waals surface area contributed by atoms with Crippen LogP contribution in [0.25, 0.3) is 0 Å². The van der Waals surface area contributed by atoms with E-state index in [2.05, 4.69) is 11.1 Å². The maximum atomic E-state index is 12.6. The molecule has 0 saturated carbocycles. The molecule has 0 radical (unpaired) electrons. The largest absolute Gasteiger partial charge is 0.332 e. The monoisotopic (exact) mass is 272 g/mol. The number of thiophene rings is 1. The van der Waals surface area contributed by atoms with Crippen molar-refractivity contribution in [2.75, 3.05) is 6.54 Å². The van der Waals surface area contributed by atoms with Crippen LogP contribution >= 0.6 is 11.3 Å². The minimum absolute atomic E-state index is 0.158. The van der Waals surface area contributed by atoms with E-state index in [1.54, 1.807) is 17.5 Å². The summed E-state index contributed by atoms with van der Waals surface area (Å²) in [5.74, 6) is 0.158. The van der Waals surface area contributed by atoms with Crippen LogP contribution in [0.4, 0.5) is 0 Å². The zero-order chi connectivity index (χ0) is 13.2. The summed E-state index contributed by atoms with van der Waals surface area (Å²) >= 11 is 1.59. The lowest BCUT2D eigenvalue weighted by molar-refractivity contribution is 0.0735. The molecule has 3 nitrogen and oxygen atoms in total. The van der Waals surface area contributed by atoms with Crippen molar-refractivity contribution in [3.63, 3.8) is 0 Å². The number of carbonyl (C=O) groups is 1. The standard InChI is InChI=1S/C15H16N2OS/c1-11-9-19-10-13(11)15(18)17-7-3-5-14(17)12-4-2-6-16-8-12/h2,4,6,8-10,14H,3,5,7H2,1H3. The molecular formula is C15H16N2OS. The van der Waals surface area contributed by atoms with Gasteiger partial charge in [-0.2, -0.15) is 11.3 Å². The van der Waals surface area contributed by atoms with E-state index >= 15 is 0 Å². The molecule has 1 amide bonds. The van der Waals surface area contributed by atoms with E-state index in [1.165, 1.54) is 0 Å². The highest BCUT2D eigenvalue weighted by Crippen LogP contribution is 2.33. The highest BCUT2D eigenvalue weighted by molar-refractivity contribution is 7.08. The van der Waals surface area contributed by atoms with Crippen LogP contribution in [0.2, 0.25) is 0 Å². The molecule has 1 aliphatic heterocycles. The molecule has 4 heteroatoms. The molecular weight excluding hydrogens is 256 g/mol. The first-order valence-electron chi connectivity index (χ1n) is 6.51. The van der Waals surface area contributed by atoms with Crippen LogP contribution in [0.15, 0.2) is 35.3 Å². The Balaban J connectivity index is 1.88. The fourth-order valence-corrected chi connectivity index (χ4v) is 3.49. The Labute approximate surface area is 116 Å². The van der Waals surface area contributed by atoms with Gasteiger partial charge in [-0.25, -0.2) is 0 Å². The number of pyridine rings is 1. The molecule has 1 saturated heterocycles. The Hall–Kier alpha value is -1.68. The average molecular weight is 272 g/mol. The number of aromatic nitrogens is 1. The molecule has 0 N–H and O–H groups in total. The van der Waals surface area contributed by atoms with E-state index in [1.807, 2.05) is 34.8 Å². The van der Waals surface area contributed by atoms with Crippen molar-refractivity contribution in [2.45, 2.75) is 25.8 Å². The van der Waals surface area contributed by atoms with E-state index in [0.29, 0.717) is 0 Å². The molecule has 1 fully saturated rings. The van der Waals surface area contributed by atoms with Crippen LogP contribution in [-0.4, -0.2) is 22.3 Å². The van der Waals surface area contributed by atoms with Crippen molar-refractivity contribution in [1.82, 2.24) is 9.88 Å². The molecule has 3 rings (SSSR count). The van der Waals surface area contributed by atoms with E-state index in [4.69, 9.17) is 0 Å². The number of hydrogen-bond acceptors (Lipinski definition) is 3. The van der Waals surface area contributed by atoms with Crippen molar-refractivity contribution >= 4 is 17.2 Å². The number of carbonyl (C=O) groups excluding carboxylic acids is 1. The molecule has 19 heavy (non-hydrogen) atoms. The van der Waals surface area contributed by atoms with Gasteiger partial charge in [-0.3, -0.25) is 9.78 Å². The molecule has 2 aromatic rings. The molecule has 3 heterocycles. The third-order valence-electron chi connectivity index (χ3n) is 3.67. The van der Waals surface area contributed by atoms with Gasteiger partial charge in [0.15, 0.2) is 0 Å². The first kappa shape index (κ1) is 12.4. The molecule has 1 atom stereocenters. The van der Waals surface area contributed by atoms with Gasteiger partial charge < -0.3 is 4.90 Å². The van der Waals surface area contributed by atoms with Gasteiger partial charge in [0.1, 0.15) is 0 Å². The Morgan fingerprint density at radius 1 is 1.47 bits per heavy atom. The second kappa shape index (κ2) is 5.13. The van der Waals surface area contributed by atoms with Crippen molar-refractivity contribution in [3.05, 3.63) is 52.0 Å². The van der Waals surface area contributed by atoms with Gasteiger partial charge in [0.05, 0.1) is 11.6 Å². The first-order chi connectivity index (χ1) is 9.27. The van der Waals surface area contributed by atoms with Crippen LogP contribution in [0.5, 0.6) is 0 Å². The summed E-state index contributed by atoms with van der Waals surface area (Å²) in [7, 11) is 0. The van der Waals surface area contributed by atoms with Crippen molar-refractivity contribution in [3.8, 4) is 0 Å². The Kier molecular flexibility index (Phi) is 3.34. The normalized spacial score (nSPS) is 18.8. The van der Waals surface area contributed by atoms with Crippen LogP contribution < -0.4 is 0 Å². The number of hydrogen-bond donors (Lipinski definition) is 0. The fraction of sp³-hybridized carbons (Fsp3) is 0.333. The second-order valence-corrected chi connectivity index (χ2v) is 5.65. The number of likely N-dealkylation sites (tertiary alicyclic amines) is 1. The van der Waals surface area contributed by atoms with Crippen LogP contribution in [0.1, 0.15) is 40.4 Å². The number of nitrogens with zero attached hydrogens (tertiary/aromatic N) is 2. The minimum atomic E-state index is 0.158. The zero-order valence-corrected chi connectivity index (χ0v) is 11.7. The smallest absolute Gasteiger partial charge is 0.255 e. The van der Waals surface area contributed by atoms with E-state index in [0.717, 1.165) is 36.1 Å². The third kappa shape index (κ3) is 2.28. The second-order valence-electron chi connectivity index (χ2n) is 4.91. The average Bonchev–Trinajstić information content (AvgIpc) is 3.07. The summed E-state index contributed by atoms with van der Waals surface area (Å²) < 4.78 is 0. The minimum Gasteiger partial charge on any atom is -0.332 e. The lowest BCUT2D eigenvalue weighted by Gasteiger charge is -2.24. The molecule has 1 unspecified atom stereocenters. The first-order valence-corrected chi connectivity index (χ1v) is 7.45. The zero-order valence-electron chi connectivity index (χ0n) is 10.9. The SMILES string of the molecule is Cc1cscc1C(=O)N1CCCC1c1cccnc1. The maximum absolute atomic E-state index is 12.6. The molecule has 0 spiro atoms. The van der Waals surface area contributed by atoms with Gasteiger partial charge in [-0.05, 0) is 42.3 Å². The number of aryl methyl sites for hydroxylation is 1. The molecule has 0 aliphatic carbocycles. The predicted molar refractivity (Wildman–Crippen MR) is 76.3 cm³/mol. The van der Waals surface area contributed by atoms with E-state index in [9.17, 15) is 4.79 Å². The molecule has 0 aromatic carbocycles. The summed E-state index contributed by atoms with van der Waals surface area (Å²) in [6, 6.07) is 4.18. The Morgan fingerprint density at radius 2 is 2.37 bits per heavy atom. The maximum Gasteiger partial charge on any atom is 0.255 e. The summed E-state index contributed by atoms with van der Waals surface area (Å²) in [5, 5.41) is 3.98. The molecule has 1 aliphatic rings. The highest BCUT2D eigenvalue weighted by Gasteiger charge is 2.31. The summed E-state index contributed by atoms with van der Waals surface area (Å²) in [6.07, 6.45) is 5.74. The van der Waals surface area contributed by atoms with Crippen molar-refractivity contribution < 1.29 is 4.79 Å². The van der Waals surface area contributed by atoms with Gasteiger partial charge in [-0.15, -0.1) is 0 Å². The lowest BCUT2D eigenvalue weighted by Crippen LogP contribution is -2.30. The Morgan fingerprint density at radius 3 is 3.05 bits per heavy atom. The predicted octanol–water partition coefficient (Wildman–Crippen LogP) is 3.43. The third-order valence-corrected chi connectivity index (χ3v) is 4.53. The van der Waals surface area contributed by atoms with Gasteiger partial charge >= 0.3 is 0 Å². The summed E-state index contributed by atoms with van der Waals surface area (Å²) in [4.78, 5) is 18.8. The van der Waals surface area contributed by atoms with Crippen LogP contribution in [-0.2, 0) is 0 Å². The van der Waals surface area contributed by atoms with Crippen molar-refractivity contribution in [2.24, 2.45) is 0 Å². The molecule has 2 aromatic heterocycles. The van der Waals surface area contributed by atoms with Gasteiger partial charge in [0.25, 0.3) is 5.91 Å². The summed E-state index contributed by atoms with van der Waals surface area (Å²) in [6.45, 7) is 2.84. The van der Waals surface area contributed by atoms with Gasteiger partial charge in [0.2, 0.25) is 0 Å². The topological polar surface area (TPSA) is 33.2 Å². The van der Waals surface area contributed by atoms with Crippen molar-refractivity contribution in [1.29, 1.82) is 0 Å². The number of rotatable bonds is 2.